The van der Waals surface area contributed by atoms with Crippen molar-refractivity contribution in [3.63, 3.8) is 0 Å². The van der Waals surface area contributed by atoms with E-state index in [-0.39, 0.29) is 5.91 Å². The van der Waals surface area contributed by atoms with Gasteiger partial charge in [-0.15, -0.1) is 0 Å². The van der Waals surface area contributed by atoms with E-state index in [9.17, 15) is 4.79 Å². The fourth-order valence-corrected chi connectivity index (χ4v) is 2.63. The summed E-state index contributed by atoms with van der Waals surface area (Å²) in [5.74, 6) is 0.866. The van der Waals surface area contributed by atoms with Gasteiger partial charge in [0.2, 0.25) is 0 Å². The molecule has 2 aromatic rings. The van der Waals surface area contributed by atoms with Crippen molar-refractivity contribution >= 4 is 23.4 Å². The van der Waals surface area contributed by atoms with Gasteiger partial charge in [0.15, 0.2) is 0 Å². The second-order valence-electron chi connectivity index (χ2n) is 4.91. The standard InChI is InChI=1S/C17H19NOS/c1-12-7-8-16(13(2)9-12)18-17(19)15-6-4-5-14(10-15)11-20-3/h4-10H,11H2,1-3H3,(H,18,19). The van der Waals surface area contributed by atoms with E-state index in [2.05, 4.69) is 17.6 Å². The first kappa shape index (κ1) is 14.7. The number of benzene rings is 2. The van der Waals surface area contributed by atoms with E-state index in [1.54, 1.807) is 11.8 Å². The Hall–Kier alpha value is -1.74. The molecule has 0 fully saturated rings. The minimum atomic E-state index is -0.0556. The van der Waals surface area contributed by atoms with Crippen LogP contribution in [0.3, 0.4) is 0 Å². The quantitative estimate of drug-likeness (QED) is 0.901. The Morgan fingerprint density at radius 1 is 1.15 bits per heavy atom. The summed E-state index contributed by atoms with van der Waals surface area (Å²) in [5.41, 5.74) is 5.03. The molecule has 1 N–H and O–H groups in total. The van der Waals surface area contributed by atoms with Gasteiger partial charge >= 0.3 is 0 Å². The number of carbonyl (C=O) groups is 1. The number of aryl methyl sites for hydroxylation is 2. The molecule has 2 rings (SSSR count). The number of amides is 1. The largest absolute Gasteiger partial charge is 0.322 e. The SMILES string of the molecule is CSCc1cccc(C(=O)Nc2ccc(C)cc2C)c1. The Morgan fingerprint density at radius 2 is 1.95 bits per heavy atom. The molecule has 1 amide bonds. The van der Waals surface area contributed by atoms with E-state index in [1.165, 1.54) is 11.1 Å². The molecular weight excluding hydrogens is 266 g/mol. The summed E-state index contributed by atoms with van der Waals surface area (Å²) in [5, 5.41) is 2.98. The molecule has 0 radical (unpaired) electrons. The zero-order valence-corrected chi connectivity index (χ0v) is 12.9. The molecule has 20 heavy (non-hydrogen) atoms. The van der Waals surface area contributed by atoms with Crippen molar-refractivity contribution in [2.75, 3.05) is 11.6 Å². The van der Waals surface area contributed by atoms with Crippen molar-refractivity contribution in [3.05, 3.63) is 64.7 Å². The topological polar surface area (TPSA) is 29.1 Å². The van der Waals surface area contributed by atoms with Crippen LogP contribution in [0, 0.1) is 13.8 Å². The van der Waals surface area contributed by atoms with E-state index in [1.807, 2.05) is 50.2 Å². The molecule has 0 saturated carbocycles. The van der Waals surface area contributed by atoms with Crippen molar-refractivity contribution in [3.8, 4) is 0 Å². The van der Waals surface area contributed by atoms with Crippen molar-refractivity contribution < 1.29 is 4.79 Å². The number of hydrogen-bond acceptors (Lipinski definition) is 2. The summed E-state index contributed by atoms with van der Waals surface area (Å²) in [7, 11) is 0. The zero-order chi connectivity index (χ0) is 14.5. The van der Waals surface area contributed by atoms with Crippen LogP contribution in [0.15, 0.2) is 42.5 Å². The lowest BCUT2D eigenvalue weighted by Gasteiger charge is -2.10. The van der Waals surface area contributed by atoms with Gasteiger partial charge in [-0.2, -0.15) is 11.8 Å². The Bertz CT molecular complexity index is 622. The van der Waals surface area contributed by atoms with Crippen LogP contribution in [-0.2, 0) is 5.75 Å². The third-order valence-electron chi connectivity index (χ3n) is 3.13. The first-order valence-corrected chi connectivity index (χ1v) is 7.96. The average molecular weight is 285 g/mol. The minimum Gasteiger partial charge on any atom is -0.322 e. The predicted molar refractivity (Wildman–Crippen MR) is 87.5 cm³/mol. The van der Waals surface area contributed by atoms with Crippen LogP contribution in [0.2, 0.25) is 0 Å². The van der Waals surface area contributed by atoms with Crippen LogP contribution in [0.4, 0.5) is 5.69 Å². The Morgan fingerprint density at radius 3 is 2.65 bits per heavy atom. The molecule has 0 aliphatic heterocycles. The molecular formula is C17H19NOS. The molecule has 0 saturated heterocycles. The van der Waals surface area contributed by atoms with Gasteiger partial charge < -0.3 is 5.32 Å². The van der Waals surface area contributed by atoms with Crippen LogP contribution >= 0.6 is 11.8 Å². The Labute approximate surface area is 124 Å². The molecule has 0 aliphatic carbocycles. The van der Waals surface area contributed by atoms with E-state index in [0.717, 1.165) is 17.0 Å². The molecule has 0 spiro atoms. The summed E-state index contributed by atoms with van der Waals surface area (Å²) in [6.07, 6.45) is 2.06. The highest BCUT2D eigenvalue weighted by atomic mass is 32.2. The van der Waals surface area contributed by atoms with Crippen LogP contribution < -0.4 is 5.32 Å². The second kappa shape index (κ2) is 6.62. The first-order valence-electron chi connectivity index (χ1n) is 6.56. The molecule has 0 unspecified atom stereocenters. The summed E-state index contributed by atoms with van der Waals surface area (Å²) >= 11 is 1.75. The summed E-state index contributed by atoms with van der Waals surface area (Å²) in [6.45, 7) is 4.05. The third kappa shape index (κ3) is 3.64. The average Bonchev–Trinajstić information content (AvgIpc) is 2.42. The van der Waals surface area contributed by atoms with Gasteiger partial charge in [-0.25, -0.2) is 0 Å². The maximum atomic E-state index is 12.3. The van der Waals surface area contributed by atoms with E-state index in [4.69, 9.17) is 0 Å². The number of carbonyl (C=O) groups excluding carboxylic acids is 1. The van der Waals surface area contributed by atoms with Gasteiger partial charge in [-0.3, -0.25) is 4.79 Å². The van der Waals surface area contributed by atoms with Gasteiger partial charge in [0, 0.05) is 17.0 Å². The fourth-order valence-electron chi connectivity index (χ4n) is 2.12. The molecule has 0 atom stereocenters. The zero-order valence-electron chi connectivity index (χ0n) is 12.1. The number of rotatable bonds is 4. The van der Waals surface area contributed by atoms with Crippen LogP contribution in [-0.4, -0.2) is 12.2 Å². The van der Waals surface area contributed by atoms with Crippen molar-refractivity contribution in [2.24, 2.45) is 0 Å². The number of thioether (sulfide) groups is 1. The molecule has 2 nitrogen and oxygen atoms in total. The second-order valence-corrected chi connectivity index (χ2v) is 5.77. The predicted octanol–water partition coefficient (Wildman–Crippen LogP) is 4.42. The molecule has 0 heterocycles. The van der Waals surface area contributed by atoms with E-state index >= 15 is 0 Å². The molecule has 0 bridgehead atoms. The van der Waals surface area contributed by atoms with Gasteiger partial charge in [0.05, 0.1) is 0 Å². The maximum absolute atomic E-state index is 12.3. The smallest absolute Gasteiger partial charge is 0.255 e. The van der Waals surface area contributed by atoms with Gasteiger partial charge in [0.25, 0.3) is 5.91 Å². The lowest BCUT2D eigenvalue weighted by atomic mass is 10.1. The molecule has 0 aliphatic rings. The van der Waals surface area contributed by atoms with Crippen LogP contribution in [0.25, 0.3) is 0 Å². The number of anilines is 1. The number of hydrogen-bond donors (Lipinski definition) is 1. The molecule has 2 aromatic carbocycles. The van der Waals surface area contributed by atoms with Gasteiger partial charge in [-0.05, 0) is 49.4 Å². The molecule has 104 valence electrons. The first-order chi connectivity index (χ1) is 9.60. The van der Waals surface area contributed by atoms with Gasteiger partial charge in [-0.1, -0.05) is 29.8 Å². The monoisotopic (exact) mass is 285 g/mol. The normalized spacial score (nSPS) is 10.3. The lowest BCUT2D eigenvalue weighted by molar-refractivity contribution is 0.102. The highest BCUT2D eigenvalue weighted by Gasteiger charge is 2.08. The highest BCUT2D eigenvalue weighted by molar-refractivity contribution is 7.97. The van der Waals surface area contributed by atoms with Gasteiger partial charge in [0.1, 0.15) is 0 Å². The highest BCUT2D eigenvalue weighted by Crippen LogP contribution is 2.18. The fraction of sp³-hybridized carbons (Fsp3) is 0.235. The Kier molecular flexibility index (Phi) is 4.85. The van der Waals surface area contributed by atoms with Crippen molar-refractivity contribution in [1.29, 1.82) is 0 Å². The summed E-state index contributed by atoms with van der Waals surface area (Å²) < 4.78 is 0. The number of nitrogens with one attached hydrogen (secondary N) is 1. The van der Waals surface area contributed by atoms with E-state index in [0.29, 0.717) is 5.56 Å². The molecule has 0 aromatic heterocycles. The Balaban J connectivity index is 2.17. The van der Waals surface area contributed by atoms with Crippen LogP contribution in [0.1, 0.15) is 27.0 Å². The van der Waals surface area contributed by atoms with Crippen molar-refractivity contribution in [2.45, 2.75) is 19.6 Å². The van der Waals surface area contributed by atoms with E-state index < -0.39 is 0 Å². The third-order valence-corrected chi connectivity index (χ3v) is 3.75. The lowest BCUT2D eigenvalue weighted by Crippen LogP contribution is -2.13. The minimum absolute atomic E-state index is 0.0556. The summed E-state index contributed by atoms with van der Waals surface area (Å²) in [4.78, 5) is 12.3. The van der Waals surface area contributed by atoms with Crippen molar-refractivity contribution in [1.82, 2.24) is 0 Å². The van der Waals surface area contributed by atoms with Crippen LogP contribution in [0.5, 0.6) is 0 Å². The summed E-state index contributed by atoms with van der Waals surface area (Å²) in [6, 6.07) is 13.8. The molecule has 3 heteroatoms. The maximum Gasteiger partial charge on any atom is 0.255 e.